The fourth-order valence-electron chi connectivity index (χ4n) is 12.7. The van der Waals surface area contributed by atoms with Gasteiger partial charge in [-0.15, -0.1) is 0 Å². The summed E-state index contributed by atoms with van der Waals surface area (Å²) >= 11 is 0. The average molecular weight is 827 g/mol. The van der Waals surface area contributed by atoms with Crippen LogP contribution in [0, 0.1) is 23.2 Å². The van der Waals surface area contributed by atoms with Crippen molar-refractivity contribution in [1.82, 2.24) is 30.3 Å². The van der Waals surface area contributed by atoms with E-state index in [0.29, 0.717) is 49.8 Å². The summed E-state index contributed by atoms with van der Waals surface area (Å²) < 4.78 is 21.7. The summed E-state index contributed by atoms with van der Waals surface area (Å²) in [6.45, 7) is 9.43. The Morgan fingerprint density at radius 1 is 0.951 bits per heavy atom. The SMILES string of the molecule is C[C@@H]1Cc2c(ccc3[nH]ncc23)[C@@H](c2ccc(N3CCC4(CC3)CC(CN3CCN5c6cc7c(cc6OC[C@H]5C3)C(=O)C([C@@H]3CCC(=O)NC3=O)C7)C4)cn2)N1CC1(F)CC1. The second-order valence-corrected chi connectivity index (χ2v) is 20.1. The van der Waals surface area contributed by atoms with Crippen LogP contribution >= 0.6 is 0 Å². The van der Waals surface area contributed by atoms with E-state index in [0.717, 1.165) is 85.2 Å². The van der Waals surface area contributed by atoms with Crippen molar-refractivity contribution in [2.75, 3.05) is 62.2 Å². The molecule has 3 saturated heterocycles. The van der Waals surface area contributed by atoms with Gasteiger partial charge in [-0.1, -0.05) is 6.07 Å². The van der Waals surface area contributed by atoms with Crippen LogP contribution in [0.15, 0.2) is 48.8 Å². The molecular formula is C48H55FN8O4. The first-order valence-corrected chi connectivity index (χ1v) is 22.9. The van der Waals surface area contributed by atoms with E-state index in [2.05, 4.69) is 78.6 Å². The Balaban J connectivity index is 0.656. The summed E-state index contributed by atoms with van der Waals surface area (Å²) in [7, 11) is 0. The zero-order valence-electron chi connectivity index (χ0n) is 35.0. The lowest BCUT2D eigenvalue weighted by atomic mass is 9.57. The molecule has 13 heteroatoms. The minimum atomic E-state index is -1.08. The summed E-state index contributed by atoms with van der Waals surface area (Å²) in [6.07, 6.45) is 12.4. The second-order valence-electron chi connectivity index (χ2n) is 20.1. The van der Waals surface area contributed by atoms with Crippen LogP contribution in [0.2, 0.25) is 0 Å². The van der Waals surface area contributed by atoms with Crippen LogP contribution in [-0.4, -0.2) is 113 Å². The predicted octanol–water partition coefficient (Wildman–Crippen LogP) is 5.78. The predicted molar refractivity (Wildman–Crippen MR) is 229 cm³/mol. The third-order valence-corrected chi connectivity index (χ3v) is 16.2. The molecule has 2 aromatic heterocycles. The molecule has 4 aromatic rings. The number of nitrogens with zero attached hydrogens (tertiary/aromatic N) is 6. The molecule has 2 saturated carbocycles. The normalized spacial score (nSPS) is 29.4. The number of carbonyl (C=O) groups is 3. The Labute approximate surface area is 355 Å². The Hall–Kier alpha value is -4.88. The van der Waals surface area contributed by atoms with Crippen molar-refractivity contribution in [3.63, 3.8) is 0 Å². The van der Waals surface area contributed by atoms with E-state index in [4.69, 9.17) is 9.72 Å². The molecule has 1 spiro atoms. The fraction of sp³-hybridized carbons (Fsp3) is 0.562. The third kappa shape index (κ3) is 6.46. The van der Waals surface area contributed by atoms with E-state index < -0.39 is 17.5 Å². The maximum absolute atomic E-state index is 15.4. The molecule has 7 heterocycles. The first-order chi connectivity index (χ1) is 29.6. The number of aromatic nitrogens is 3. The molecule has 0 bridgehead atoms. The third-order valence-electron chi connectivity index (χ3n) is 16.2. The van der Waals surface area contributed by atoms with Gasteiger partial charge in [-0.2, -0.15) is 5.10 Å². The maximum atomic E-state index is 15.4. The molecular weight excluding hydrogens is 772 g/mol. The smallest absolute Gasteiger partial charge is 0.230 e. The van der Waals surface area contributed by atoms with Gasteiger partial charge in [0, 0.05) is 81.1 Å². The van der Waals surface area contributed by atoms with Crippen LogP contribution in [0.25, 0.3) is 10.9 Å². The average Bonchev–Trinajstić information content (AvgIpc) is 3.62. The van der Waals surface area contributed by atoms with Gasteiger partial charge in [0.05, 0.1) is 47.1 Å². The minimum Gasteiger partial charge on any atom is -0.489 e. The molecule has 61 heavy (non-hydrogen) atoms. The van der Waals surface area contributed by atoms with Gasteiger partial charge < -0.3 is 14.5 Å². The Kier molecular flexibility index (Phi) is 8.73. The summed E-state index contributed by atoms with van der Waals surface area (Å²) in [5.41, 5.74) is 7.84. The van der Waals surface area contributed by atoms with Gasteiger partial charge in [0.25, 0.3) is 0 Å². The minimum absolute atomic E-state index is 0.000566. The molecule has 12 rings (SSSR count). The van der Waals surface area contributed by atoms with Crippen LogP contribution in [0.1, 0.15) is 97.1 Å². The number of anilines is 2. The lowest BCUT2D eigenvalue weighted by Crippen LogP contribution is -2.59. The van der Waals surface area contributed by atoms with Gasteiger partial charge >= 0.3 is 0 Å². The number of amides is 2. The van der Waals surface area contributed by atoms with Gasteiger partial charge in [-0.3, -0.25) is 39.6 Å². The van der Waals surface area contributed by atoms with Crippen LogP contribution in [0.5, 0.6) is 5.75 Å². The number of imide groups is 1. The van der Waals surface area contributed by atoms with Crippen molar-refractivity contribution in [2.45, 2.75) is 94.9 Å². The summed E-state index contributed by atoms with van der Waals surface area (Å²) in [5.74, 6) is 0.0572. The molecule has 2 N–H and O–H groups in total. The zero-order valence-corrected chi connectivity index (χ0v) is 35.0. The zero-order chi connectivity index (χ0) is 41.2. The van der Waals surface area contributed by atoms with Gasteiger partial charge in [0.2, 0.25) is 11.8 Å². The second kappa shape index (κ2) is 14.1. The highest BCUT2D eigenvalue weighted by molar-refractivity contribution is 6.07. The number of aromatic amines is 1. The van der Waals surface area contributed by atoms with Crippen molar-refractivity contribution in [3.05, 3.63) is 76.7 Å². The summed E-state index contributed by atoms with van der Waals surface area (Å²) in [5, 5.41) is 11.1. The Morgan fingerprint density at radius 2 is 1.80 bits per heavy atom. The quantitative estimate of drug-likeness (QED) is 0.222. The van der Waals surface area contributed by atoms with Gasteiger partial charge in [-0.05, 0) is 123 Å². The van der Waals surface area contributed by atoms with E-state index in [-0.39, 0.29) is 42.1 Å². The Morgan fingerprint density at radius 3 is 2.59 bits per heavy atom. The number of ketones is 1. The van der Waals surface area contributed by atoms with E-state index in [9.17, 15) is 14.4 Å². The number of fused-ring (bicyclic) bond motifs is 7. The van der Waals surface area contributed by atoms with Crippen LogP contribution < -0.4 is 19.9 Å². The molecule has 5 fully saturated rings. The number of carbonyl (C=O) groups excluding carboxylic acids is 3. The molecule has 1 unspecified atom stereocenters. The number of hydrogen-bond donors (Lipinski definition) is 2. The highest BCUT2D eigenvalue weighted by Crippen LogP contribution is 2.54. The lowest BCUT2D eigenvalue weighted by molar-refractivity contribution is -0.137. The lowest BCUT2D eigenvalue weighted by Gasteiger charge is -2.54. The number of piperidine rings is 2. The van der Waals surface area contributed by atoms with Crippen molar-refractivity contribution >= 4 is 39.9 Å². The number of pyridine rings is 1. The molecule has 12 nitrogen and oxygen atoms in total. The van der Waals surface area contributed by atoms with Crippen LogP contribution in [-0.2, 0) is 22.4 Å². The van der Waals surface area contributed by atoms with Crippen LogP contribution in [0.3, 0.4) is 0 Å². The molecule has 3 aliphatic carbocycles. The Bertz CT molecular complexity index is 2430. The van der Waals surface area contributed by atoms with Crippen molar-refractivity contribution in [1.29, 1.82) is 0 Å². The molecule has 2 amide bonds. The molecule has 2 aromatic carbocycles. The number of nitrogens with one attached hydrogen (secondary N) is 2. The molecule has 8 aliphatic rings. The van der Waals surface area contributed by atoms with Gasteiger partial charge in [0.15, 0.2) is 5.78 Å². The number of ether oxygens (including phenoxy) is 1. The van der Waals surface area contributed by atoms with Crippen molar-refractivity contribution in [2.24, 2.45) is 23.2 Å². The number of rotatable bonds is 7. The number of hydrogen-bond acceptors (Lipinski definition) is 10. The highest BCUT2D eigenvalue weighted by Gasteiger charge is 2.50. The molecule has 5 aliphatic heterocycles. The summed E-state index contributed by atoms with van der Waals surface area (Å²) in [6, 6.07) is 13.2. The molecule has 0 radical (unpaired) electrons. The standard InChI is InChI=1S/C48H55FN8O4/c1-28-16-36-33(3-6-39-38(36)23-51-53-39)44(57(28)27-48(49)8-9-48)40-5-2-31(22-50-40)55-12-10-47(11-13-55)20-29(21-47)24-54-14-15-56-32(25-54)26-61-42-19-35-30(18-41(42)56)17-37(45(35)59)34-4-7-43(58)52-46(34)60/h2-3,5-6,18-19,22-23,28-29,32,34,37,44H,4,7-17,20-21,24-27H2,1H3,(H,51,53)(H,52,58,60)/t28-,32-,34+,37?,44+/m1/s1. The first kappa shape index (κ1) is 37.8. The number of benzene rings is 2. The number of halogens is 1. The topological polar surface area (TPSA) is 127 Å². The van der Waals surface area contributed by atoms with Gasteiger partial charge in [0.1, 0.15) is 18.0 Å². The highest BCUT2D eigenvalue weighted by atomic mass is 19.1. The van der Waals surface area contributed by atoms with E-state index in [1.165, 1.54) is 42.5 Å². The van der Waals surface area contributed by atoms with E-state index in [1.54, 1.807) is 0 Å². The number of Topliss-reactive ketones (excluding diaryl/α,β-unsaturated/α-hetero) is 1. The van der Waals surface area contributed by atoms with E-state index >= 15 is 4.39 Å². The van der Waals surface area contributed by atoms with Crippen molar-refractivity contribution < 1.29 is 23.5 Å². The molecule has 318 valence electrons. The van der Waals surface area contributed by atoms with Gasteiger partial charge in [-0.25, -0.2) is 4.39 Å². The maximum Gasteiger partial charge on any atom is 0.230 e. The number of piperazine rings is 1. The fourth-order valence-corrected chi connectivity index (χ4v) is 12.7. The number of H-pyrrole nitrogens is 1. The monoisotopic (exact) mass is 826 g/mol. The largest absolute Gasteiger partial charge is 0.489 e. The van der Waals surface area contributed by atoms with E-state index in [1.807, 2.05) is 12.3 Å². The van der Waals surface area contributed by atoms with Crippen LogP contribution in [0.4, 0.5) is 15.8 Å². The van der Waals surface area contributed by atoms with Crippen molar-refractivity contribution in [3.8, 4) is 5.75 Å². The number of alkyl halides is 1. The first-order valence-electron chi connectivity index (χ1n) is 22.9. The summed E-state index contributed by atoms with van der Waals surface area (Å²) in [4.78, 5) is 53.0. The molecule has 5 atom stereocenters.